The lowest BCUT2D eigenvalue weighted by Gasteiger charge is -2.16. The smallest absolute Gasteiger partial charge is 0.256 e. The molecule has 174 valence electrons. The molecule has 0 atom stereocenters. The lowest BCUT2D eigenvalue weighted by molar-refractivity contribution is -0.117. The van der Waals surface area contributed by atoms with Gasteiger partial charge in [-0.3, -0.25) is 9.59 Å². The van der Waals surface area contributed by atoms with E-state index in [-0.39, 0.29) is 17.9 Å². The second kappa shape index (κ2) is 8.44. The highest BCUT2D eigenvalue weighted by molar-refractivity contribution is 6.12. The van der Waals surface area contributed by atoms with Crippen LogP contribution < -0.4 is 10.2 Å². The number of aryl methyl sites for hydroxylation is 2. The molecule has 0 radical (unpaired) electrons. The first-order valence-electron chi connectivity index (χ1n) is 11.5. The zero-order valence-electron chi connectivity index (χ0n) is 19.8. The van der Waals surface area contributed by atoms with E-state index in [2.05, 4.69) is 10.4 Å². The molecule has 1 aliphatic heterocycles. The van der Waals surface area contributed by atoms with E-state index in [4.69, 9.17) is 9.40 Å². The molecule has 4 aromatic rings. The van der Waals surface area contributed by atoms with E-state index >= 15 is 0 Å². The first-order valence-corrected chi connectivity index (χ1v) is 11.5. The van der Waals surface area contributed by atoms with Crippen molar-refractivity contribution in [2.24, 2.45) is 0 Å². The Labute approximate surface area is 197 Å². The van der Waals surface area contributed by atoms with Gasteiger partial charge in [-0.25, -0.2) is 9.67 Å². The van der Waals surface area contributed by atoms with Gasteiger partial charge >= 0.3 is 0 Å². The molecule has 5 rings (SSSR count). The highest BCUT2D eigenvalue weighted by atomic mass is 16.3. The minimum absolute atomic E-state index is 0.0872. The number of amides is 2. The van der Waals surface area contributed by atoms with Crippen LogP contribution in [-0.4, -0.2) is 33.1 Å². The number of benzene rings is 1. The van der Waals surface area contributed by atoms with E-state index in [1.807, 2.05) is 62.7 Å². The summed E-state index contributed by atoms with van der Waals surface area (Å²) in [6.07, 6.45) is 3.15. The monoisotopic (exact) mass is 457 g/mol. The summed E-state index contributed by atoms with van der Waals surface area (Å²) in [5.41, 5.74) is 4.15. The molecule has 1 N–H and O–H groups in total. The molecule has 0 bridgehead atoms. The van der Waals surface area contributed by atoms with Crippen molar-refractivity contribution >= 4 is 34.2 Å². The number of nitrogens with one attached hydrogen (secondary N) is 1. The van der Waals surface area contributed by atoms with Crippen molar-refractivity contribution in [1.82, 2.24) is 14.8 Å². The quantitative estimate of drug-likeness (QED) is 0.441. The molecule has 2 amide bonds. The van der Waals surface area contributed by atoms with Gasteiger partial charge in [0.25, 0.3) is 5.91 Å². The number of furan rings is 1. The summed E-state index contributed by atoms with van der Waals surface area (Å²) in [6, 6.07) is 11.2. The second-order valence-corrected chi connectivity index (χ2v) is 8.95. The molecule has 34 heavy (non-hydrogen) atoms. The largest absolute Gasteiger partial charge is 0.466 e. The van der Waals surface area contributed by atoms with Gasteiger partial charge in [-0.15, -0.1) is 0 Å². The summed E-state index contributed by atoms with van der Waals surface area (Å²) < 4.78 is 7.53. The molecule has 1 fully saturated rings. The number of rotatable bonds is 5. The van der Waals surface area contributed by atoms with E-state index in [1.54, 1.807) is 17.2 Å². The van der Waals surface area contributed by atoms with Crippen molar-refractivity contribution < 1.29 is 14.0 Å². The number of hydrogen-bond acceptors (Lipinski definition) is 5. The molecule has 8 heteroatoms. The minimum Gasteiger partial charge on any atom is -0.466 e. The van der Waals surface area contributed by atoms with Crippen LogP contribution in [0.5, 0.6) is 0 Å². The number of aromatic nitrogens is 3. The molecule has 4 heterocycles. The lowest BCUT2D eigenvalue weighted by Crippen LogP contribution is -2.23. The van der Waals surface area contributed by atoms with Gasteiger partial charge < -0.3 is 14.6 Å². The third-order valence-electron chi connectivity index (χ3n) is 6.13. The Bertz CT molecular complexity index is 1400. The van der Waals surface area contributed by atoms with Crippen LogP contribution in [0.4, 0.5) is 11.4 Å². The van der Waals surface area contributed by atoms with E-state index in [0.29, 0.717) is 34.4 Å². The summed E-state index contributed by atoms with van der Waals surface area (Å²) in [6.45, 7) is 8.57. The molecule has 0 spiro atoms. The number of carbonyl (C=O) groups excluding carboxylic acids is 2. The fourth-order valence-corrected chi connectivity index (χ4v) is 4.45. The molecule has 1 aliphatic rings. The minimum atomic E-state index is -0.250. The number of hydrogen-bond donors (Lipinski definition) is 1. The van der Waals surface area contributed by atoms with E-state index in [0.717, 1.165) is 35.7 Å². The highest BCUT2D eigenvalue weighted by Gasteiger charge is 2.23. The van der Waals surface area contributed by atoms with Crippen LogP contribution in [0.25, 0.3) is 22.3 Å². The Kier molecular flexibility index (Phi) is 5.43. The van der Waals surface area contributed by atoms with Crippen molar-refractivity contribution in [3.8, 4) is 11.3 Å². The SMILES string of the molecule is Cc1cc(-c2cc(C(=O)Nc3ccc(N4CCCC4=O)cc3)c3cnn(C(C)C)c3n2)c(C)o1. The third-order valence-corrected chi connectivity index (χ3v) is 6.13. The van der Waals surface area contributed by atoms with Crippen LogP contribution >= 0.6 is 0 Å². The molecular weight excluding hydrogens is 430 g/mol. The maximum absolute atomic E-state index is 13.4. The zero-order valence-corrected chi connectivity index (χ0v) is 19.8. The molecule has 3 aromatic heterocycles. The van der Waals surface area contributed by atoms with Crippen molar-refractivity contribution in [1.29, 1.82) is 0 Å². The van der Waals surface area contributed by atoms with Crippen LogP contribution in [0.15, 0.2) is 47.0 Å². The Morgan fingerprint density at radius 2 is 1.91 bits per heavy atom. The van der Waals surface area contributed by atoms with Gasteiger partial charge in [-0.2, -0.15) is 5.10 Å². The predicted molar refractivity (Wildman–Crippen MR) is 131 cm³/mol. The molecule has 1 saturated heterocycles. The number of anilines is 2. The normalized spacial score (nSPS) is 13.9. The van der Waals surface area contributed by atoms with Crippen molar-refractivity contribution in [2.75, 3.05) is 16.8 Å². The second-order valence-electron chi connectivity index (χ2n) is 8.95. The van der Waals surface area contributed by atoms with Crippen molar-refractivity contribution in [3.63, 3.8) is 0 Å². The summed E-state index contributed by atoms with van der Waals surface area (Å²) in [5, 5.41) is 8.16. The summed E-state index contributed by atoms with van der Waals surface area (Å²) in [4.78, 5) is 32.0. The molecular formula is C26H27N5O3. The van der Waals surface area contributed by atoms with Crippen molar-refractivity contribution in [3.05, 3.63) is 59.7 Å². The van der Waals surface area contributed by atoms with E-state index < -0.39 is 0 Å². The van der Waals surface area contributed by atoms with Gasteiger partial charge in [0.1, 0.15) is 11.5 Å². The van der Waals surface area contributed by atoms with E-state index in [9.17, 15) is 9.59 Å². The first-order chi connectivity index (χ1) is 16.3. The van der Waals surface area contributed by atoms with Gasteiger partial charge in [-0.05, 0) is 70.5 Å². The zero-order chi connectivity index (χ0) is 24.0. The molecule has 0 unspecified atom stereocenters. The fourth-order valence-electron chi connectivity index (χ4n) is 4.45. The van der Waals surface area contributed by atoms with Crippen LogP contribution in [0.1, 0.15) is 54.6 Å². The van der Waals surface area contributed by atoms with Gasteiger partial charge in [0.2, 0.25) is 5.91 Å². The maximum Gasteiger partial charge on any atom is 0.256 e. The Balaban J connectivity index is 1.51. The summed E-state index contributed by atoms with van der Waals surface area (Å²) in [7, 11) is 0. The molecule has 0 saturated carbocycles. The summed E-state index contributed by atoms with van der Waals surface area (Å²) >= 11 is 0. The van der Waals surface area contributed by atoms with Gasteiger partial charge in [0, 0.05) is 35.9 Å². The van der Waals surface area contributed by atoms with Gasteiger partial charge in [-0.1, -0.05) is 0 Å². The highest BCUT2D eigenvalue weighted by Crippen LogP contribution is 2.31. The number of fused-ring (bicyclic) bond motifs is 1. The number of nitrogens with zero attached hydrogens (tertiary/aromatic N) is 4. The Morgan fingerprint density at radius 3 is 2.53 bits per heavy atom. The Hall–Kier alpha value is -3.94. The molecule has 8 nitrogen and oxygen atoms in total. The third kappa shape index (κ3) is 3.85. The fraction of sp³-hybridized carbons (Fsp3) is 0.308. The lowest BCUT2D eigenvalue weighted by atomic mass is 10.1. The standard InChI is InChI=1S/C26H27N5O3/c1-15(2)31-25-22(14-27-31)21(13-23(29-25)20-12-16(3)34-17(20)4)26(33)28-18-7-9-19(10-8-18)30-11-5-6-24(30)32/h7-10,12-15H,5-6,11H2,1-4H3,(H,28,33). The maximum atomic E-state index is 13.4. The first kappa shape index (κ1) is 21.9. The Morgan fingerprint density at radius 1 is 1.15 bits per heavy atom. The van der Waals surface area contributed by atoms with Crippen LogP contribution in [0.2, 0.25) is 0 Å². The van der Waals surface area contributed by atoms with Crippen LogP contribution in [-0.2, 0) is 4.79 Å². The van der Waals surface area contributed by atoms with Gasteiger partial charge in [0.05, 0.1) is 22.8 Å². The average Bonchev–Trinajstić information content (AvgIpc) is 3.51. The van der Waals surface area contributed by atoms with Gasteiger partial charge in [0.15, 0.2) is 5.65 Å². The molecule has 1 aromatic carbocycles. The summed E-state index contributed by atoms with van der Waals surface area (Å²) in [5.74, 6) is 1.42. The molecule has 0 aliphatic carbocycles. The van der Waals surface area contributed by atoms with Crippen LogP contribution in [0, 0.1) is 13.8 Å². The van der Waals surface area contributed by atoms with Crippen LogP contribution in [0.3, 0.4) is 0 Å². The topological polar surface area (TPSA) is 93.3 Å². The predicted octanol–water partition coefficient (Wildman–Crippen LogP) is 5.27. The van der Waals surface area contributed by atoms with E-state index in [1.165, 1.54) is 0 Å². The van der Waals surface area contributed by atoms with Crippen molar-refractivity contribution in [2.45, 2.75) is 46.6 Å². The average molecular weight is 458 g/mol. The number of carbonyl (C=O) groups is 2. The number of pyridine rings is 1.